The molecule has 0 bridgehead atoms. The van der Waals surface area contributed by atoms with Crippen LogP contribution in [0.3, 0.4) is 0 Å². The number of aromatic nitrogens is 3. The van der Waals surface area contributed by atoms with Gasteiger partial charge in [0.1, 0.15) is 18.2 Å². The van der Waals surface area contributed by atoms with E-state index >= 15 is 0 Å². The maximum Gasteiger partial charge on any atom is 0.361 e. The van der Waals surface area contributed by atoms with E-state index in [9.17, 15) is 23.2 Å². The van der Waals surface area contributed by atoms with Gasteiger partial charge in [-0.1, -0.05) is 29.5 Å². The summed E-state index contributed by atoms with van der Waals surface area (Å²) in [6.07, 6.45) is 4.21. The van der Waals surface area contributed by atoms with Gasteiger partial charge in [-0.25, -0.2) is 28.1 Å². The van der Waals surface area contributed by atoms with Crippen molar-refractivity contribution < 1.29 is 32.6 Å². The number of nitrogens with zero attached hydrogens (tertiary/aromatic N) is 5. The van der Waals surface area contributed by atoms with Crippen LogP contribution in [0.15, 0.2) is 59.2 Å². The van der Waals surface area contributed by atoms with Gasteiger partial charge in [0.25, 0.3) is 5.91 Å². The number of fused-ring (bicyclic) bond motifs is 1. The van der Waals surface area contributed by atoms with Crippen molar-refractivity contribution in [3.63, 3.8) is 0 Å². The molecule has 1 saturated carbocycles. The fourth-order valence-corrected chi connectivity index (χ4v) is 5.32. The van der Waals surface area contributed by atoms with Gasteiger partial charge >= 0.3 is 11.9 Å². The van der Waals surface area contributed by atoms with Crippen LogP contribution in [0.2, 0.25) is 0 Å². The summed E-state index contributed by atoms with van der Waals surface area (Å²) < 4.78 is 38.4. The summed E-state index contributed by atoms with van der Waals surface area (Å²) >= 11 is 0. The van der Waals surface area contributed by atoms with Crippen molar-refractivity contribution in [1.29, 1.82) is 0 Å². The van der Waals surface area contributed by atoms with E-state index in [1.165, 1.54) is 29.3 Å². The van der Waals surface area contributed by atoms with Crippen LogP contribution < -0.4 is 0 Å². The molecule has 1 amide bonds. The number of carbonyl (C=O) groups is 3. The van der Waals surface area contributed by atoms with Crippen LogP contribution in [-0.2, 0) is 20.8 Å². The highest BCUT2D eigenvalue weighted by molar-refractivity contribution is 6.08. The lowest BCUT2D eigenvalue weighted by Gasteiger charge is -2.29. The highest BCUT2D eigenvalue weighted by Crippen LogP contribution is 2.44. The number of allylic oxidation sites excluding steroid dienone is 1. The molecule has 218 valence electrons. The minimum Gasteiger partial charge on any atom is -0.461 e. The van der Waals surface area contributed by atoms with Crippen LogP contribution in [0, 0.1) is 17.6 Å². The lowest BCUT2D eigenvalue weighted by atomic mass is 9.77. The van der Waals surface area contributed by atoms with Crippen LogP contribution in [0.4, 0.5) is 8.78 Å². The van der Waals surface area contributed by atoms with Crippen molar-refractivity contribution in [2.75, 3.05) is 13.2 Å². The van der Waals surface area contributed by atoms with E-state index < -0.39 is 36.2 Å². The molecule has 1 aromatic heterocycles. The predicted molar refractivity (Wildman–Crippen MR) is 147 cm³/mol. The second kappa shape index (κ2) is 12.4. The number of esters is 2. The molecule has 2 atom stereocenters. The number of hydrogen-bond donors (Lipinski definition) is 0. The first-order chi connectivity index (χ1) is 20.3. The molecule has 2 aliphatic rings. The third-order valence-corrected chi connectivity index (χ3v) is 7.14. The molecule has 12 heteroatoms. The van der Waals surface area contributed by atoms with Gasteiger partial charge in [-0.15, -0.1) is 5.10 Å². The molecule has 1 aliphatic carbocycles. The standard InChI is InChI=1S/C30H29F2N5O5/c1-3-41-29(39)26-28(30(40)42-4-2)36(35-33-26)17-24(38)37-27(19-10-14-22(32)15-11-19)23-7-5-6-20(25(23)34-37)16-18-8-12-21(31)13-9-18/h8-16,23,27H,3-7,17H2,1-2H3/b20-16-/t23-,27-/m0/s1. The normalized spacial score (nSPS) is 18.9. The Morgan fingerprint density at radius 3 is 2.26 bits per heavy atom. The number of ether oxygens (including phenoxy) is 2. The molecule has 0 saturated heterocycles. The van der Waals surface area contributed by atoms with Crippen LogP contribution in [-0.4, -0.2) is 56.8 Å². The van der Waals surface area contributed by atoms with E-state index in [4.69, 9.17) is 14.6 Å². The van der Waals surface area contributed by atoms with Crippen molar-refractivity contribution >= 4 is 29.6 Å². The second-order valence-electron chi connectivity index (χ2n) is 9.83. The second-order valence-corrected chi connectivity index (χ2v) is 9.83. The lowest BCUT2D eigenvalue weighted by Crippen LogP contribution is -2.34. The van der Waals surface area contributed by atoms with Gasteiger partial charge in [0, 0.05) is 5.92 Å². The highest BCUT2D eigenvalue weighted by Gasteiger charge is 2.44. The van der Waals surface area contributed by atoms with E-state index in [0.29, 0.717) is 17.7 Å². The Morgan fingerprint density at radius 2 is 1.60 bits per heavy atom. The summed E-state index contributed by atoms with van der Waals surface area (Å²) in [5, 5.41) is 13.8. The summed E-state index contributed by atoms with van der Waals surface area (Å²) in [6.45, 7) is 2.81. The van der Waals surface area contributed by atoms with E-state index in [1.54, 1.807) is 38.1 Å². The minimum absolute atomic E-state index is 0.0253. The molecule has 2 heterocycles. The van der Waals surface area contributed by atoms with Gasteiger partial charge in [0.05, 0.1) is 25.0 Å². The first kappa shape index (κ1) is 28.8. The Morgan fingerprint density at radius 1 is 0.952 bits per heavy atom. The Kier molecular flexibility index (Phi) is 8.51. The number of halogens is 2. The van der Waals surface area contributed by atoms with E-state index in [2.05, 4.69) is 10.3 Å². The van der Waals surface area contributed by atoms with E-state index in [-0.39, 0.29) is 36.3 Å². The predicted octanol–water partition coefficient (Wildman–Crippen LogP) is 4.73. The first-order valence-electron chi connectivity index (χ1n) is 13.7. The zero-order valence-electron chi connectivity index (χ0n) is 23.1. The summed E-state index contributed by atoms with van der Waals surface area (Å²) in [4.78, 5) is 39.1. The molecule has 0 N–H and O–H groups in total. The minimum atomic E-state index is -0.876. The van der Waals surface area contributed by atoms with Crippen molar-refractivity contribution in [2.45, 2.75) is 45.7 Å². The van der Waals surface area contributed by atoms with Crippen LogP contribution in [0.1, 0.15) is 71.3 Å². The number of hydrazone groups is 1. The van der Waals surface area contributed by atoms with Gasteiger partial charge in [0.15, 0.2) is 5.69 Å². The Bertz CT molecular complexity index is 1550. The quantitative estimate of drug-likeness (QED) is 0.356. The SMILES string of the molecule is CCOC(=O)c1nnn(CC(=O)N2N=C3/C(=C\c4ccc(F)cc4)CCC[C@@H]3[C@@H]2c2ccc(F)cc2)c1C(=O)OCC. The molecule has 5 rings (SSSR count). The zero-order valence-corrected chi connectivity index (χ0v) is 23.1. The molecular formula is C30H29F2N5O5. The third-order valence-electron chi connectivity index (χ3n) is 7.14. The summed E-state index contributed by atoms with van der Waals surface area (Å²) in [7, 11) is 0. The molecule has 42 heavy (non-hydrogen) atoms. The smallest absolute Gasteiger partial charge is 0.361 e. The topological polar surface area (TPSA) is 116 Å². The Balaban J connectivity index is 1.52. The maximum atomic E-state index is 13.9. The lowest BCUT2D eigenvalue weighted by molar-refractivity contribution is -0.134. The number of benzene rings is 2. The van der Waals surface area contributed by atoms with Crippen molar-refractivity contribution in [1.82, 2.24) is 20.0 Å². The maximum absolute atomic E-state index is 13.9. The molecule has 10 nitrogen and oxygen atoms in total. The molecule has 0 radical (unpaired) electrons. The largest absolute Gasteiger partial charge is 0.461 e. The van der Waals surface area contributed by atoms with Gasteiger partial charge in [-0.05, 0) is 80.2 Å². The van der Waals surface area contributed by atoms with Crippen molar-refractivity contribution in [3.8, 4) is 0 Å². The number of carbonyl (C=O) groups excluding carboxylic acids is 3. The highest BCUT2D eigenvalue weighted by atomic mass is 19.1. The fraction of sp³-hybridized carbons (Fsp3) is 0.333. The zero-order chi connectivity index (χ0) is 29.8. The van der Waals surface area contributed by atoms with Crippen molar-refractivity contribution in [3.05, 3.63) is 88.3 Å². The molecule has 0 unspecified atom stereocenters. The molecule has 1 aliphatic heterocycles. The molecular weight excluding hydrogens is 548 g/mol. The third kappa shape index (κ3) is 5.83. The van der Waals surface area contributed by atoms with E-state index in [1.807, 2.05) is 6.08 Å². The average molecular weight is 578 g/mol. The summed E-state index contributed by atoms with van der Waals surface area (Å²) in [5.74, 6) is -3.21. The van der Waals surface area contributed by atoms with Crippen LogP contribution in [0.25, 0.3) is 6.08 Å². The van der Waals surface area contributed by atoms with Gasteiger partial charge in [-0.3, -0.25) is 4.79 Å². The Hall–Kier alpha value is -4.74. The first-order valence-corrected chi connectivity index (χ1v) is 13.7. The Labute approximate surface area is 240 Å². The summed E-state index contributed by atoms with van der Waals surface area (Å²) in [6, 6.07) is 11.4. The molecule has 1 fully saturated rings. The van der Waals surface area contributed by atoms with Gasteiger partial charge in [-0.2, -0.15) is 5.10 Å². The summed E-state index contributed by atoms with van der Waals surface area (Å²) in [5.41, 5.74) is 2.45. The monoisotopic (exact) mass is 577 g/mol. The van der Waals surface area contributed by atoms with Crippen molar-refractivity contribution in [2.24, 2.45) is 11.0 Å². The van der Waals surface area contributed by atoms with E-state index in [0.717, 1.165) is 28.7 Å². The number of amides is 1. The van der Waals surface area contributed by atoms with Gasteiger partial charge < -0.3 is 9.47 Å². The molecule has 0 spiro atoms. The average Bonchev–Trinajstić information content (AvgIpc) is 3.58. The van der Waals surface area contributed by atoms with Crippen LogP contribution in [0.5, 0.6) is 0 Å². The van der Waals surface area contributed by atoms with Gasteiger partial charge in [0.2, 0.25) is 5.69 Å². The number of rotatable bonds is 8. The molecule has 2 aromatic carbocycles. The fourth-order valence-electron chi connectivity index (χ4n) is 5.32. The number of hydrogen-bond acceptors (Lipinski definition) is 8. The molecule has 3 aromatic rings. The van der Waals surface area contributed by atoms with Crippen LogP contribution >= 0.6 is 0 Å².